The first-order valence-corrected chi connectivity index (χ1v) is 10.2. The Balaban J connectivity index is 1.61. The summed E-state index contributed by atoms with van der Waals surface area (Å²) in [7, 11) is 0. The van der Waals surface area contributed by atoms with Crippen LogP contribution in [0.5, 0.6) is 0 Å². The molecule has 0 heterocycles. The second kappa shape index (κ2) is 5.72. The predicted octanol–water partition coefficient (Wildman–Crippen LogP) is 4.32. The van der Waals surface area contributed by atoms with Crippen LogP contribution in [0.3, 0.4) is 0 Å². The number of fused-ring (bicyclic) bond motifs is 5. The Morgan fingerprint density at radius 2 is 1.79 bits per heavy atom. The molecule has 4 aliphatic rings. The van der Waals surface area contributed by atoms with Crippen molar-refractivity contribution in [3.63, 3.8) is 0 Å². The highest BCUT2D eigenvalue weighted by molar-refractivity contribution is 5.66. The molecular formula is C21H34O3. The van der Waals surface area contributed by atoms with Gasteiger partial charge in [0.15, 0.2) is 0 Å². The number of aliphatic hydroxyl groups excluding tert-OH is 1. The van der Waals surface area contributed by atoms with Crippen molar-refractivity contribution in [2.24, 2.45) is 34.5 Å². The Kier molecular flexibility index (Phi) is 4.02. The molecule has 4 fully saturated rings. The summed E-state index contributed by atoms with van der Waals surface area (Å²) in [6.07, 6.45) is 10.7. The summed E-state index contributed by atoms with van der Waals surface area (Å²) < 4.78 is 5.73. The molecule has 8 atom stereocenters. The number of esters is 1. The third kappa shape index (κ3) is 2.22. The van der Waals surface area contributed by atoms with Gasteiger partial charge in [-0.25, -0.2) is 0 Å². The van der Waals surface area contributed by atoms with Crippen LogP contribution < -0.4 is 0 Å². The first-order valence-electron chi connectivity index (χ1n) is 10.2. The quantitative estimate of drug-likeness (QED) is 0.726. The van der Waals surface area contributed by atoms with Crippen molar-refractivity contribution in [2.45, 2.75) is 90.8 Å². The largest absolute Gasteiger partial charge is 0.462 e. The van der Waals surface area contributed by atoms with Crippen LogP contribution in [0.25, 0.3) is 0 Å². The molecule has 0 amide bonds. The maximum atomic E-state index is 11.5. The molecule has 0 saturated heterocycles. The van der Waals surface area contributed by atoms with Gasteiger partial charge in [-0.1, -0.05) is 20.3 Å². The maximum Gasteiger partial charge on any atom is 0.302 e. The molecule has 0 aromatic rings. The van der Waals surface area contributed by atoms with Gasteiger partial charge in [-0.2, -0.15) is 0 Å². The zero-order valence-corrected chi connectivity index (χ0v) is 15.6. The van der Waals surface area contributed by atoms with Gasteiger partial charge in [0.05, 0.1) is 6.10 Å². The maximum absolute atomic E-state index is 11.5. The van der Waals surface area contributed by atoms with E-state index in [-0.39, 0.29) is 29.0 Å². The Hall–Kier alpha value is -0.570. The van der Waals surface area contributed by atoms with Crippen LogP contribution in [0.4, 0.5) is 0 Å². The lowest BCUT2D eigenvalue weighted by atomic mass is 9.44. The molecule has 0 aliphatic heterocycles. The van der Waals surface area contributed by atoms with Crippen LogP contribution in [-0.2, 0) is 9.53 Å². The van der Waals surface area contributed by atoms with Crippen molar-refractivity contribution >= 4 is 5.97 Å². The number of hydrogen-bond donors (Lipinski definition) is 1. The van der Waals surface area contributed by atoms with E-state index in [9.17, 15) is 9.90 Å². The summed E-state index contributed by atoms with van der Waals surface area (Å²) in [5.74, 6) is 2.66. The highest BCUT2D eigenvalue weighted by Gasteiger charge is 2.62. The van der Waals surface area contributed by atoms with Crippen LogP contribution in [-0.4, -0.2) is 23.3 Å². The molecule has 0 aromatic carbocycles. The molecule has 3 nitrogen and oxygen atoms in total. The van der Waals surface area contributed by atoms with Crippen molar-refractivity contribution < 1.29 is 14.6 Å². The lowest BCUT2D eigenvalue weighted by molar-refractivity contribution is -0.176. The fraction of sp³-hybridized carbons (Fsp3) is 0.952. The number of hydrogen-bond acceptors (Lipinski definition) is 3. The summed E-state index contributed by atoms with van der Waals surface area (Å²) in [5, 5.41) is 10.9. The minimum Gasteiger partial charge on any atom is -0.462 e. The van der Waals surface area contributed by atoms with Crippen molar-refractivity contribution in [3.8, 4) is 0 Å². The molecule has 136 valence electrons. The number of carbonyl (C=O) groups is 1. The third-order valence-corrected chi connectivity index (χ3v) is 8.93. The Bertz CT molecular complexity index is 517. The van der Waals surface area contributed by atoms with E-state index in [2.05, 4.69) is 13.8 Å². The Labute approximate surface area is 146 Å². The van der Waals surface area contributed by atoms with Gasteiger partial charge in [-0.3, -0.25) is 4.79 Å². The lowest BCUT2D eigenvalue weighted by Crippen LogP contribution is -2.58. The smallest absolute Gasteiger partial charge is 0.302 e. The second-order valence-electron chi connectivity index (χ2n) is 9.68. The Morgan fingerprint density at radius 3 is 2.54 bits per heavy atom. The summed E-state index contributed by atoms with van der Waals surface area (Å²) in [6, 6.07) is 0. The van der Waals surface area contributed by atoms with Gasteiger partial charge in [-0.15, -0.1) is 0 Å². The van der Waals surface area contributed by atoms with Crippen LogP contribution in [0.1, 0.15) is 78.6 Å². The minimum absolute atomic E-state index is 0.112. The molecule has 4 saturated carbocycles. The van der Waals surface area contributed by atoms with E-state index in [1.165, 1.54) is 38.5 Å². The number of rotatable bonds is 1. The summed E-state index contributed by atoms with van der Waals surface area (Å²) in [4.78, 5) is 11.5. The van der Waals surface area contributed by atoms with Gasteiger partial charge in [0.25, 0.3) is 0 Å². The van der Waals surface area contributed by atoms with Gasteiger partial charge in [0, 0.05) is 12.3 Å². The van der Waals surface area contributed by atoms with E-state index in [4.69, 9.17) is 4.74 Å². The lowest BCUT2D eigenvalue weighted by Gasteiger charge is -2.61. The van der Waals surface area contributed by atoms with Gasteiger partial charge < -0.3 is 9.84 Å². The van der Waals surface area contributed by atoms with Gasteiger partial charge >= 0.3 is 5.97 Å². The van der Waals surface area contributed by atoms with E-state index in [1.54, 1.807) is 6.92 Å². The van der Waals surface area contributed by atoms with E-state index in [0.29, 0.717) is 11.8 Å². The fourth-order valence-electron chi connectivity index (χ4n) is 7.66. The molecule has 0 radical (unpaired) electrons. The molecule has 0 bridgehead atoms. The van der Waals surface area contributed by atoms with Crippen molar-refractivity contribution in [1.82, 2.24) is 0 Å². The van der Waals surface area contributed by atoms with E-state index < -0.39 is 0 Å². The molecule has 1 N–H and O–H groups in total. The van der Waals surface area contributed by atoms with Gasteiger partial charge in [-0.05, 0) is 80.5 Å². The summed E-state index contributed by atoms with van der Waals surface area (Å²) in [5.41, 5.74) is 0.289. The normalized spacial score (nSPS) is 53.7. The first-order chi connectivity index (χ1) is 11.4. The molecule has 0 unspecified atom stereocenters. The molecule has 24 heavy (non-hydrogen) atoms. The molecule has 4 rings (SSSR count). The zero-order valence-electron chi connectivity index (χ0n) is 15.6. The highest BCUT2D eigenvalue weighted by atomic mass is 16.5. The zero-order chi connectivity index (χ0) is 17.1. The van der Waals surface area contributed by atoms with Crippen LogP contribution in [0.15, 0.2) is 0 Å². The standard InChI is InChI=1S/C21H34O3/c1-13(22)24-19-10-9-16-15-8-7-14-5-4-6-18(23)21(14,3)17(15)11-12-20(16,19)2/h14-19,23H,4-12H2,1-3H3/t14-,15+,16+,17+,18+,19+,20+,21+/m1/s1. The molecule has 4 aliphatic carbocycles. The van der Waals surface area contributed by atoms with Gasteiger partial charge in [0.1, 0.15) is 6.10 Å². The minimum atomic E-state index is -0.123. The average Bonchev–Trinajstić information content (AvgIpc) is 2.85. The predicted molar refractivity (Wildman–Crippen MR) is 93.3 cm³/mol. The monoisotopic (exact) mass is 334 g/mol. The number of ether oxygens (including phenoxy) is 1. The van der Waals surface area contributed by atoms with Crippen molar-refractivity contribution in [3.05, 3.63) is 0 Å². The SMILES string of the molecule is CC(=O)O[C@H]1CC[C@H]2[C@@H]3CC[C@H]4CCC[C@H](O)[C@]4(C)[C@H]3CC[C@]12C. The Morgan fingerprint density at radius 1 is 1.00 bits per heavy atom. The van der Waals surface area contributed by atoms with E-state index >= 15 is 0 Å². The molecule has 0 spiro atoms. The summed E-state index contributed by atoms with van der Waals surface area (Å²) in [6.45, 7) is 6.33. The van der Waals surface area contributed by atoms with Crippen molar-refractivity contribution in [1.29, 1.82) is 0 Å². The number of carbonyl (C=O) groups excluding carboxylic acids is 1. The third-order valence-electron chi connectivity index (χ3n) is 8.93. The van der Waals surface area contributed by atoms with Gasteiger partial charge in [0.2, 0.25) is 0 Å². The first kappa shape index (κ1) is 16.9. The van der Waals surface area contributed by atoms with Crippen LogP contribution in [0, 0.1) is 34.5 Å². The van der Waals surface area contributed by atoms with Crippen LogP contribution >= 0.6 is 0 Å². The molecule has 0 aromatic heterocycles. The topological polar surface area (TPSA) is 46.5 Å². The van der Waals surface area contributed by atoms with E-state index in [1.807, 2.05) is 0 Å². The molecule has 3 heteroatoms. The fourth-order valence-corrected chi connectivity index (χ4v) is 7.66. The number of aliphatic hydroxyl groups is 1. The average molecular weight is 335 g/mol. The van der Waals surface area contributed by atoms with Crippen LogP contribution in [0.2, 0.25) is 0 Å². The second-order valence-corrected chi connectivity index (χ2v) is 9.68. The van der Waals surface area contributed by atoms with Crippen molar-refractivity contribution in [2.75, 3.05) is 0 Å². The summed E-state index contributed by atoms with van der Waals surface area (Å²) >= 11 is 0. The molecular weight excluding hydrogens is 300 g/mol. The highest BCUT2D eigenvalue weighted by Crippen LogP contribution is 2.66. The van der Waals surface area contributed by atoms with E-state index in [0.717, 1.165) is 31.1 Å².